The normalized spacial score (nSPS) is 19.9. The van der Waals surface area contributed by atoms with E-state index >= 15 is 0 Å². The van der Waals surface area contributed by atoms with Crippen LogP contribution in [0.1, 0.15) is 29.6 Å². The van der Waals surface area contributed by atoms with Crippen LogP contribution in [0.4, 0.5) is 0 Å². The third kappa shape index (κ3) is 2.80. The zero-order valence-corrected chi connectivity index (χ0v) is 11.5. The second-order valence-electron chi connectivity index (χ2n) is 4.70. The first-order valence-corrected chi connectivity index (χ1v) is 6.69. The number of rotatable bonds is 2. The number of likely N-dealkylation sites (tertiary alicyclic amines) is 1. The Hall–Kier alpha value is -1.95. The van der Waals surface area contributed by atoms with Gasteiger partial charge in [0.15, 0.2) is 5.84 Å². The van der Waals surface area contributed by atoms with Crippen LogP contribution < -0.4 is 5.73 Å². The molecule has 0 spiro atoms. The van der Waals surface area contributed by atoms with Crippen LogP contribution in [0.15, 0.2) is 23.4 Å². The molecule has 1 aromatic carbocycles. The lowest BCUT2D eigenvalue weighted by Gasteiger charge is -2.34. The highest BCUT2D eigenvalue weighted by Gasteiger charge is 2.31. The molecule has 1 atom stereocenters. The minimum Gasteiger partial charge on any atom is -0.507 e. The van der Waals surface area contributed by atoms with E-state index in [0.29, 0.717) is 18.0 Å². The van der Waals surface area contributed by atoms with Crippen LogP contribution in [-0.2, 0) is 0 Å². The van der Waals surface area contributed by atoms with Gasteiger partial charge in [-0.05, 0) is 37.5 Å². The second kappa shape index (κ2) is 6.00. The van der Waals surface area contributed by atoms with E-state index in [9.17, 15) is 9.90 Å². The van der Waals surface area contributed by atoms with Gasteiger partial charge in [0.25, 0.3) is 5.91 Å². The molecule has 108 valence electrons. The van der Waals surface area contributed by atoms with Crippen LogP contribution in [0.5, 0.6) is 5.75 Å². The number of hydrogen-bond donors (Lipinski definition) is 3. The average molecular weight is 298 g/mol. The van der Waals surface area contributed by atoms with Crippen molar-refractivity contribution in [2.75, 3.05) is 6.54 Å². The fourth-order valence-electron chi connectivity index (χ4n) is 2.39. The maximum atomic E-state index is 12.5. The number of benzene rings is 1. The number of nitrogens with zero attached hydrogens (tertiary/aromatic N) is 2. The number of hydrogen-bond acceptors (Lipinski definition) is 4. The summed E-state index contributed by atoms with van der Waals surface area (Å²) in [6.07, 6.45) is 2.38. The Bertz CT molecular complexity index is 548. The molecule has 0 aromatic heterocycles. The van der Waals surface area contributed by atoms with Gasteiger partial charge in [-0.25, -0.2) is 0 Å². The Morgan fingerprint density at radius 3 is 2.85 bits per heavy atom. The molecule has 1 aliphatic heterocycles. The molecular weight excluding hydrogens is 282 g/mol. The summed E-state index contributed by atoms with van der Waals surface area (Å²) in [5.74, 6) is -0.520. The molecule has 1 unspecified atom stereocenters. The average Bonchev–Trinajstić information content (AvgIpc) is 2.46. The van der Waals surface area contributed by atoms with Crippen molar-refractivity contribution in [3.63, 3.8) is 0 Å². The van der Waals surface area contributed by atoms with Gasteiger partial charge in [-0.2, -0.15) is 0 Å². The Balaban J connectivity index is 2.30. The van der Waals surface area contributed by atoms with Gasteiger partial charge in [0.05, 0.1) is 11.6 Å². The van der Waals surface area contributed by atoms with E-state index in [4.69, 9.17) is 22.5 Å². The van der Waals surface area contributed by atoms with Crippen LogP contribution in [0.3, 0.4) is 0 Å². The standard InChI is InChI=1S/C13H16ClN3O3/c14-8-4-5-9(11(18)7-8)13(19)17-6-2-1-3-10(17)12(15)16-20/h4-5,7,10,18,20H,1-3,6H2,(H2,15,16). The molecule has 20 heavy (non-hydrogen) atoms. The van der Waals surface area contributed by atoms with Gasteiger partial charge in [-0.3, -0.25) is 4.79 Å². The van der Waals surface area contributed by atoms with E-state index in [1.807, 2.05) is 0 Å². The summed E-state index contributed by atoms with van der Waals surface area (Å²) in [5.41, 5.74) is 5.80. The Morgan fingerprint density at radius 1 is 1.45 bits per heavy atom. The molecule has 0 radical (unpaired) electrons. The van der Waals surface area contributed by atoms with Gasteiger partial charge in [0.1, 0.15) is 5.75 Å². The monoisotopic (exact) mass is 297 g/mol. The summed E-state index contributed by atoms with van der Waals surface area (Å²) in [6.45, 7) is 0.502. The number of oxime groups is 1. The van der Waals surface area contributed by atoms with Crippen LogP contribution in [-0.4, -0.2) is 39.5 Å². The zero-order chi connectivity index (χ0) is 14.7. The second-order valence-corrected chi connectivity index (χ2v) is 5.13. The highest BCUT2D eigenvalue weighted by atomic mass is 35.5. The predicted molar refractivity (Wildman–Crippen MR) is 75.2 cm³/mol. The van der Waals surface area contributed by atoms with Crippen LogP contribution in [0, 0.1) is 0 Å². The van der Waals surface area contributed by atoms with Gasteiger partial charge in [0.2, 0.25) is 0 Å². The SMILES string of the molecule is NC(=NO)C1CCCCN1C(=O)c1ccc(Cl)cc1O. The molecule has 1 amide bonds. The summed E-state index contributed by atoms with van der Waals surface area (Å²) in [6, 6.07) is 3.88. The number of aromatic hydroxyl groups is 1. The first-order valence-electron chi connectivity index (χ1n) is 6.31. The van der Waals surface area contributed by atoms with Crippen LogP contribution >= 0.6 is 11.6 Å². The van der Waals surface area contributed by atoms with Crippen molar-refractivity contribution in [2.45, 2.75) is 25.3 Å². The van der Waals surface area contributed by atoms with Gasteiger partial charge in [0, 0.05) is 11.6 Å². The Labute approximate surface area is 121 Å². The molecular formula is C13H16ClN3O3. The van der Waals surface area contributed by atoms with E-state index in [0.717, 1.165) is 12.8 Å². The molecule has 0 bridgehead atoms. The number of phenolic OH excluding ortho intramolecular Hbond substituents is 1. The number of carbonyl (C=O) groups is 1. The van der Waals surface area contributed by atoms with Crippen molar-refractivity contribution in [3.05, 3.63) is 28.8 Å². The fourth-order valence-corrected chi connectivity index (χ4v) is 2.56. The van der Waals surface area contributed by atoms with E-state index in [-0.39, 0.29) is 23.1 Å². The van der Waals surface area contributed by atoms with Crippen molar-refractivity contribution in [1.82, 2.24) is 4.90 Å². The van der Waals surface area contributed by atoms with E-state index in [1.54, 1.807) is 0 Å². The first kappa shape index (κ1) is 14.5. The fraction of sp³-hybridized carbons (Fsp3) is 0.385. The smallest absolute Gasteiger partial charge is 0.258 e. The minimum absolute atomic E-state index is 0.00602. The third-order valence-corrected chi connectivity index (χ3v) is 3.65. The summed E-state index contributed by atoms with van der Waals surface area (Å²) < 4.78 is 0. The number of phenols is 1. The van der Waals surface area contributed by atoms with Gasteiger partial charge in [-0.15, -0.1) is 0 Å². The van der Waals surface area contributed by atoms with Crippen molar-refractivity contribution >= 4 is 23.3 Å². The quantitative estimate of drug-likeness (QED) is 0.335. The summed E-state index contributed by atoms with van der Waals surface area (Å²) in [4.78, 5) is 14.0. The highest BCUT2D eigenvalue weighted by molar-refractivity contribution is 6.30. The molecule has 1 aromatic rings. The van der Waals surface area contributed by atoms with Crippen LogP contribution in [0.25, 0.3) is 0 Å². The van der Waals surface area contributed by atoms with Gasteiger partial charge >= 0.3 is 0 Å². The number of carbonyl (C=O) groups excluding carboxylic acids is 1. The Morgan fingerprint density at radius 2 is 2.20 bits per heavy atom. The molecule has 1 heterocycles. The van der Waals surface area contributed by atoms with Crippen molar-refractivity contribution in [1.29, 1.82) is 0 Å². The number of piperidine rings is 1. The predicted octanol–water partition coefficient (Wildman–Crippen LogP) is 1.79. The highest BCUT2D eigenvalue weighted by Crippen LogP contribution is 2.26. The van der Waals surface area contributed by atoms with E-state index in [2.05, 4.69) is 5.16 Å². The summed E-state index contributed by atoms with van der Waals surface area (Å²) in [7, 11) is 0. The lowest BCUT2D eigenvalue weighted by molar-refractivity contribution is 0.0673. The molecule has 1 saturated heterocycles. The molecule has 0 aliphatic carbocycles. The van der Waals surface area contributed by atoms with Crippen LogP contribution in [0.2, 0.25) is 5.02 Å². The molecule has 6 nitrogen and oxygen atoms in total. The number of amides is 1. The lowest BCUT2D eigenvalue weighted by Crippen LogP contribution is -2.50. The maximum Gasteiger partial charge on any atom is 0.258 e. The topological polar surface area (TPSA) is 99.2 Å². The zero-order valence-electron chi connectivity index (χ0n) is 10.8. The summed E-state index contributed by atoms with van der Waals surface area (Å²) in [5, 5.41) is 22.0. The molecule has 7 heteroatoms. The van der Waals surface area contributed by atoms with Crippen molar-refractivity contribution in [2.24, 2.45) is 10.9 Å². The molecule has 4 N–H and O–H groups in total. The van der Waals surface area contributed by atoms with Crippen molar-refractivity contribution in [3.8, 4) is 5.75 Å². The maximum absolute atomic E-state index is 12.5. The molecule has 2 rings (SSSR count). The van der Waals surface area contributed by atoms with Crippen molar-refractivity contribution < 1.29 is 15.1 Å². The van der Waals surface area contributed by atoms with E-state index < -0.39 is 6.04 Å². The molecule has 1 fully saturated rings. The number of nitrogens with two attached hydrogens (primary N) is 1. The Kier molecular flexibility index (Phi) is 4.34. The van der Waals surface area contributed by atoms with E-state index in [1.165, 1.54) is 23.1 Å². The lowest BCUT2D eigenvalue weighted by atomic mass is 9.99. The third-order valence-electron chi connectivity index (χ3n) is 3.41. The van der Waals surface area contributed by atoms with Gasteiger partial charge < -0.3 is 20.9 Å². The number of halogens is 1. The molecule has 1 aliphatic rings. The minimum atomic E-state index is -0.448. The number of amidine groups is 1. The first-order chi connectivity index (χ1) is 9.54. The molecule has 0 saturated carbocycles. The largest absolute Gasteiger partial charge is 0.507 e. The van der Waals surface area contributed by atoms with Gasteiger partial charge in [-0.1, -0.05) is 16.8 Å². The summed E-state index contributed by atoms with van der Waals surface area (Å²) >= 11 is 5.75.